The van der Waals surface area contributed by atoms with Crippen molar-refractivity contribution < 1.29 is 9.90 Å². The smallest absolute Gasteiger partial charge is 0.335 e. The molecule has 90 valence electrons. The van der Waals surface area contributed by atoms with E-state index < -0.39 is 5.97 Å². The minimum Gasteiger partial charge on any atom is -0.478 e. The number of carboxylic acid groups (broad SMARTS) is 1. The molecule has 1 N–H and O–H groups in total. The number of hydrogen-bond donors (Lipinski definition) is 1. The Morgan fingerprint density at radius 1 is 1.28 bits per heavy atom. The molecule has 0 spiro atoms. The average Bonchev–Trinajstić information content (AvgIpc) is 2.37. The van der Waals surface area contributed by atoms with Crippen LogP contribution in [0, 0.1) is 0 Å². The second-order valence-corrected chi connectivity index (χ2v) is 4.31. The first-order chi connectivity index (χ1) is 8.65. The van der Waals surface area contributed by atoms with Crippen LogP contribution in [0.2, 0.25) is 0 Å². The summed E-state index contributed by atoms with van der Waals surface area (Å²) in [6.45, 7) is 0. The lowest BCUT2D eigenvalue weighted by atomic mass is 10.2. The van der Waals surface area contributed by atoms with Crippen LogP contribution in [0.4, 0.5) is 5.69 Å². The Kier molecular flexibility index (Phi) is 3.84. The fourth-order valence-electron chi connectivity index (χ4n) is 1.36. The highest BCUT2D eigenvalue weighted by atomic mass is 79.9. The van der Waals surface area contributed by atoms with Crippen molar-refractivity contribution in [1.29, 1.82) is 0 Å². The number of hydrogen-bond acceptors (Lipinski definition) is 3. The van der Waals surface area contributed by atoms with Crippen LogP contribution in [0.3, 0.4) is 0 Å². The maximum absolute atomic E-state index is 10.8. The van der Waals surface area contributed by atoms with Crippen molar-refractivity contribution in [2.75, 3.05) is 0 Å². The molecule has 0 aliphatic carbocycles. The summed E-state index contributed by atoms with van der Waals surface area (Å²) >= 11 is 3.27. The quantitative estimate of drug-likeness (QED) is 0.699. The summed E-state index contributed by atoms with van der Waals surface area (Å²) in [4.78, 5) is 19.2. The Hall–Kier alpha value is -2.01. The molecule has 5 heteroatoms. The fraction of sp³-hybridized carbons (Fsp3) is 0. The van der Waals surface area contributed by atoms with Crippen LogP contribution < -0.4 is 0 Å². The van der Waals surface area contributed by atoms with Gasteiger partial charge in [-0.3, -0.25) is 4.99 Å². The van der Waals surface area contributed by atoms with E-state index in [1.807, 2.05) is 18.2 Å². The summed E-state index contributed by atoms with van der Waals surface area (Å²) in [5, 5.41) is 8.86. The minimum absolute atomic E-state index is 0.215. The molecule has 0 saturated heterocycles. The number of benzene rings is 1. The van der Waals surface area contributed by atoms with Gasteiger partial charge in [0.05, 0.1) is 23.2 Å². The van der Waals surface area contributed by atoms with Gasteiger partial charge in [0.25, 0.3) is 0 Å². The van der Waals surface area contributed by atoms with Crippen molar-refractivity contribution >= 4 is 33.8 Å². The monoisotopic (exact) mass is 304 g/mol. The summed E-state index contributed by atoms with van der Waals surface area (Å²) in [6, 6.07) is 11.9. The van der Waals surface area contributed by atoms with Crippen LogP contribution in [-0.4, -0.2) is 22.3 Å². The topological polar surface area (TPSA) is 62.5 Å². The zero-order valence-electron chi connectivity index (χ0n) is 9.25. The second kappa shape index (κ2) is 5.55. The Morgan fingerprint density at radius 2 is 2.06 bits per heavy atom. The van der Waals surface area contributed by atoms with Gasteiger partial charge in [-0.05, 0) is 46.3 Å². The van der Waals surface area contributed by atoms with E-state index in [0.717, 1.165) is 4.60 Å². The highest BCUT2D eigenvalue weighted by Gasteiger charge is 2.01. The van der Waals surface area contributed by atoms with E-state index in [-0.39, 0.29) is 5.56 Å². The Morgan fingerprint density at radius 3 is 2.78 bits per heavy atom. The van der Waals surface area contributed by atoms with Crippen LogP contribution in [-0.2, 0) is 0 Å². The standard InChI is InChI=1S/C13H9BrN2O2/c14-12-6-2-5-11(16-12)8-15-10-4-1-3-9(7-10)13(17)18/h1-8H,(H,17,18)/b15-8+. The molecule has 1 aromatic carbocycles. The summed E-state index contributed by atoms with van der Waals surface area (Å²) in [5.74, 6) is -0.965. The molecule has 1 heterocycles. The van der Waals surface area contributed by atoms with Gasteiger partial charge in [-0.1, -0.05) is 12.1 Å². The Labute approximate surface area is 112 Å². The molecule has 0 amide bonds. The van der Waals surface area contributed by atoms with Crippen molar-refractivity contribution in [2.24, 2.45) is 4.99 Å². The van der Waals surface area contributed by atoms with Gasteiger partial charge >= 0.3 is 5.97 Å². The van der Waals surface area contributed by atoms with Crippen LogP contribution >= 0.6 is 15.9 Å². The van der Waals surface area contributed by atoms with E-state index >= 15 is 0 Å². The first-order valence-corrected chi connectivity index (χ1v) is 5.94. The van der Waals surface area contributed by atoms with Crippen molar-refractivity contribution in [3.8, 4) is 0 Å². The van der Waals surface area contributed by atoms with Crippen molar-refractivity contribution in [3.63, 3.8) is 0 Å². The van der Waals surface area contributed by atoms with Crippen molar-refractivity contribution in [2.45, 2.75) is 0 Å². The first kappa shape index (κ1) is 12.4. The molecule has 0 saturated carbocycles. The van der Waals surface area contributed by atoms with Gasteiger partial charge in [-0.2, -0.15) is 0 Å². The largest absolute Gasteiger partial charge is 0.478 e. The molecule has 0 atom stereocenters. The fourth-order valence-corrected chi connectivity index (χ4v) is 1.71. The Balaban J connectivity index is 2.23. The number of nitrogens with zero attached hydrogens (tertiary/aromatic N) is 2. The maximum Gasteiger partial charge on any atom is 0.335 e. The number of aliphatic imine (C=N–C) groups is 1. The Bertz CT molecular complexity index is 611. The summed E-state index contributed by atoms with van der Waals surface area (Å²) < 4.78 is 0.728. The van der Waals surface area contributed by atoms with Gasteiger partial charge in [0.15, 0.2) is 0 Å². The van der Waals surface area contributed by atoms with Gasteiger partial charge in [0, 0.05) is 0 Å². The van der Waals surface area contributed by atoms with E-state index in [2.05, 4.69) is 25.9 Å². The minimum atomic E-state index is -0.965. The number of pyridine rings is 1. The lowest BCUT2D eigenvalue weighted by molar-refractivity contribution is 0.0697. The van der Waals surface area contributed by atoms with Crippen LogP contribution in [0.1, 0.15) is 16.1 Å². The third kappa shape index (κ3) is 3.24. The molecule has 0 radical (unpaired) electrons. The number of aromatic carboxylic acids is 1. The second-order valence-electron chi connectivity index (χ2n) is 3.50. The molecule has 0 bridgehead atoms. The molecule has 0 fully saturated rings. The molecule has 4 nitrogen and oxygen atoms in total. The lowest BCUT2D eigenvalue weighted by Gasteiger charge is -1.97. The van der Waals surface area contributed by atoms with E-state index in [1.54, 1.807) is 18.3 Å². The molecule has 2 rings (SSSR count). The zero-order chi connectivity index (χ0) is 13.0. The third-order valence-electron chi connectivity index (χ3n) is 2.18. The number of rotatable bonds is 3. The van der Waals surface area contributed by atoms with E-state index in [9.17, 15) is 4.79 Å². The van der Waals surface area contributed by atoms with Gasteiger partial charge in [-0.15, -0.1) is 0 Å². The lowest BCUT2D eigenvalue weighted by Crippen LogP contribution is -1.94. The predicted molar refractivity (Wildman–Crippen MR) is 72.6 cm³/mol. The summed E-state index contributed by atoms with van der Waals surface area (Å²) in [6.07, 6.45) is 1.59. The number of aromatic nitrogens is 1. The predicted octanol–water partition coefficient (Wildman–Crippen LogP) is 3.29. The molecular weight excluding hydrogens is 296 g/mol. The van der Waals surface area contributed by atoms with Gasteiger partial charge < -0.3 is 5.11 Å². The average molecular weight is 305 g/mol. The third-order valence-corrected chi connectivity index (χ3v) is 2.62. The first-order valence-electron chi connectivity index (χ1n) is 5.15. The normalized spacial score (nSPS) is 10.7. The molecular formula is C13H9BrN2O2. The van der Waals surface area contributed by atoms with E-state index in [4.69, 9.17) is 5.11 Å². The molecule has 1 aromatic heterocycles. The van der Waals surface area contributed by atoms with E-state index in [1.165, 1.54) is 12.1 Å². The number of carbonyl (C=O) groups is 1. The zero-order valence-corrected chi connectivity index (χ0v) is 10.8. The molecule has 2 aromatic rings. The van der Waals surface area contributed by atoms with Crippen LogP contribution in [0.5, 0.6) is 0 Å². The summed E-state index contributed by atoms with van der Waals surface area (Å²) in [7, 11) is 0. The van der Waals surface area contributed by atoms with Crippen LogP contribution in [0.25, 0.3) is 0 Å². The van der Waals surface area contributed by atoms with E-state index in [0.29, 0.717) is 11.4 Å². The highest BCUT2D eigenvalue weighted by Crippen LogP contribution is 2.14. The number of carboxylic acids is 1. The SMILES string of the molecule is O=C(O)c1cccc(/N=C/c2cccc(Br)n2)c1. The van der Waals surface area contributed by atoms with Gasteiger partial charge in [0.1, 0.15) is 4.60 Å². The molecule has 0 aliphatic rings. The maximum atomic E-state index is 10.8. The highest BCUT2D eigenvalue weighted by molar-refractivity contribution is 9.10. The van der Waals surface area contributed by atoms with Crippen molar-refractivity contribution in [1.82, 2.24) is 4.98 Å². The molecule has 0 unspecified atom stereocenters. The molecule has 18 heavy (non-hydrogen) atoms. The van der Waals surface area contributed by atoms with Crippen molar-refractivity contribution in [3.05, 3.63) is 58.3 Å². The summed E-state index contributed by atoms with van der Waals surface area (Å²) in [5.41, 5.74) is 1.49. The van der Waals surface area contributed by atoms with Crippen LogP contribution in [0.15, 0.2) is 52.1 Å². The number of halogens is 1. The van der Waals surface area contributed by atoms with Gasteiger partial charge in [-0.25, -0.2) is 9.78 Å². The molecule has 0 aliphatic heterocycles. The van der Waals surface area contributed by atoms with Gasteiger partial charge in [0.2, 0.25) is 0 Å².